The van der Waals surface area contributed by atoms with Crippen molar-refractivity contribution < 1.29 is 28.6 Å². The Kier molecular flexibility index (Phi) is 10.9. The number of hydrazone groups is 1. The highest BCUT2D eigenvalue weighted by Gasteiger charge is 2.19. The molecule has 2 aromatic rings. The highest BCUT2D eigenvalue weighted by atomic mass is 127. The van der Waals surface area contributed by atoms with Crippen molar-refractivity contribution in [2.24, 2.45) is 5.10 Å². The molecule has 0 aliphatic carbocycles. The quantitative estimate of drug-likeness (QED) is 0.154. The third-order valence-corrected chi connectivity index (χ3v) is 6.24. The molecule has 3 rings (SSSR count). The van der Waals surface area contributed by atoms with Gasteiger partial charge in [0.2, 0.25) is 0 Å². The van der Waals surface area contributed by atoms with Crippen LogP contribution in [0.15, 0.2) is 46.0 Å². The number of carbonyl (C=O) groups is 3. The van der Waals surface area contributed by atoms with E-state index in [2.05, 4.69) is 59.7 Å². The zero-order valence-corrected chi connectivity index (χ0v) is 23.3. The van der Waals surface area contributed by atoms with E-state index in [0.29, 0.717) is 39.5 Å². The van der Waals surface area contributed by atoms with Gasteiger partial charge in [-0.25, -0.2) is 5.43 Å². The summed E-state index contributed by atoms with van der Waals surface area (Å²) >= 11 is 5.42. The minimum atomic E-state index is -0.874. The third-order valence-electron chi connectivity index (χ3n) is 4.91. The molecule has 0 radical (unpaired) electrons. The van der Waals surface area contributed by atoms with Crippen LogP contribution in [0.1, 0.15) is 25.3 Å². The van der Waals surface area contributed by atoms with E-state index >= 15 is 0 Å². The van der Waals surface area contributed by atoms with Crippen molar-refractivity contribution >= 4 is 68.1 Å². The summed E-state index contributed by atoms with van der Waals surface area (Å²) in [6.07, 6.45) is 3.13. The minimum absolute atomic E-state index is 0.0584. The second kappa shape index (κ2) is 14.1. The Morgan fingerprint density at radius 2 is 1.97 bits per heavy atom. The van der Waals surface area contributed by atoms with Gasteiger partial charge in [-0.3, -0.25) is 14.4 Å². The number of nitrogens with one attached hydrogen (secondary N) is 3. The van der Waals surface area contributed by atoms with Crippen LogP contribution >= 0.6 is 38.5 Å². The Morgan fingerprint density at radius 3 is 2.67 bits per heavy atom. The summed E-state index contributed by atoms with van der Waals surface area (Å²) in [6, 6.07) is 10.6. The molecule has 1 fully saturated rings. The lowest BCUT2D eigenvalue weighted by atomic mass is 10.2. The van der Waals surface area contributed by atoms with Crippen molar-refractivity contribution in [1.82, 2.24) is 10.7 Å². The number of anilines is 1. The molecular weight excluding hydrogens is 647 g/mol. The molecule has 2 aromatic carbocycles. The number of hydrogen-bond donors (Lipinski definition) is 3. The maximum absolute atomic E-state index is 12.3. The van der Waals surface area contributed by atoms with Gasteiger partial charge in [0.05, 0.1) is 22.5 Å². The van der Waals surface area contributed by atoms with Crippen LogP contribution in [-0.2, 0) is 19.1 Å². The van der Waals surface area contributed by atoms with E-state index in [1.807, 2.05) is 19.1 Å². The molecule has 1 saturated heterocycles. The van der Waals surface area contributed by atoms with Crippen LogP contribution < -0.4 is 25.5 Å². The van der Waals surface area contributed by atoms with Crippen LogP contribution in [0.25, 0.3) is 0 Å². The highest BCUT2D eigenvalue weighted by molar-refractivity contribution is 14.1. The minimum Gasteiger partial charge on any atom is -0.490 e. The molecule has 0 bridgehead atoms. The van der Waals surface area contributed by atoms with Crippen molar-refractivity contribution in [3.63, 3.8) is 0 Å². The molecule has 1 heterocycles. The van der Waals surface area contributed by atoms with E-state index in [9.17, 15) is 14.4 Å². The number of carbonyl (C=O) groups excluding carboxylic acids is 3. The largest absolute Gasteiger partial charge is 0.490 e. The van der Waals surface area contributed by atoms with E-state index in [-0.39, 0.29) is 25.2 Å². The van der Waals surface area contributed by atoms with Gasteiger partial charge >= 0.3 is 11.8 Å². The summed E-state index contributed by atoms with van der Waals surface area (Å²) in [6.45, 7) is 2.95. The summed E-state index contributed by atoms with van der Waals surface area (Å²) in [5.41, 5.74) is 3.47. The van der Waals surface area contributed by atoms with Gasteiger partial charge in [-0.2, -0.15) is 5.10 Å². The van der Waals surface area contributed by atoms with Crippen molar-refractivity contribution in [3.8, 4) is 11.5 Å². The number of ether oxygens (including phenoxy) is 3. The van der Waals surface area contributed by atoms with Crippen LogP contribution in [0, 0.1) is 3.57 Å². The lowest BCUT2D eigenvalue weighted by Crippen LogP contribution is -2.41. The van der Waals surface area contributed by atoms with Gasteiger partial charge in [-0.05, 0) is 84.3 Å². The van der Waals surface area contributed by atoms with Crippen LogP contribution in [-0.4, -0.2) is 56.4 Å². The SMILES string of the molecule is CCOc1cc(/C=N\NC(=O)C(=O)NC[C@@H]2CCCO2)cc(I)c1OCC(=O)Nc1ccc(Br)cc1. The van der Waals surface area contributed by atoms with Crippen LogP contribution in [0.4, 0.5) is 5.69 Å². The first-order chi connectivity index (χ1) is 17.4. The number of rotatable bonds is 10. The van der Waals surface area contributed by atoms with Gasteiger partial charge in [0.25, 0.3) is 5.91 Å². The Balaban J connectivity index is 1.55. The summed E-state index contributed by atoms with van der Waals surface area (Å²) in [5.74, 6) is -1.14. The number of benzene rings is 2. The van der Waals surface area contributed by atoms with Crippen molar-refractivity contribution in [1.29, 1.82) is 0 Å². The Bertz CT molecular complexity index is 1110. The number of halogens is 2. The average molecular weight is 673 g/mol. The normalized spacial score (nSPS) is 14.9. The summed E-state index contributed by atoms with van der Waals surface area (Å²) < 4.78 is 18.4. The summed E-state index contributed by atoms with van der Waals surface area (Å²) in [5, 5.41) is 9.16. The van der Waals surface area contributed by atoms with Crippen LogP contribution in [0.5, 0.6) is 11.5 Å². The van der Waals surface area contributed by atoms with Gasteiger partial charge < -0.3 is 24.8 Å². The van der Waals surface area contributed by atoms with E-state index < -0.39 is 11.8 Å². The summed E-state index contributed by atoms with van der Waals surface area (Å²) in [7, 11) is 0. The van der Waals surface area contributed by atoms with Gasteiger partial charge in [0.15, 0.2) is 18.1 Å². The van der Waals surface area contributed by atoms with E-state index in [4.69, 9.17) is 14.2 Å². The molecule has 1 aliphatic rings. The molecule has 0 saturated carbocycles. The fourth-order valence-electron chi connectivity index (χ4n) is 3.24. The predicted molar refractivity (Wildman–Crippen MR) is 146 cm³/mol. The van der Waals surface area contributed by atoms with E-state index in [1.165, 1.54) is 6.21 Å². The van der Waals surface area contributed by atoms with Gasteiger partial charge in [0.1, 0.15) is 0 Å². The molecule has 3 amide bonds. The van der Waals surface area contributed by atoms with Crippen molar-refractivity contribution in [2.75, 3.05) is 31.7 Å². The molecule has 3 N–H and O–H groups in total. The van der Waals surface area contributed by atoms with Gasteiger partial charge in [-0.1, -0.05) is 15.9 Å². The second-order valence-electron chi connectivity index (χ2n) is 7.65. The molecular formula is C24H26BrIN4O6. The van der Waals surface area contributed by atoms with Gasteiger partial charge in [-0.15, -0.1) is 0 Å². The number of hydrogen-bond acceptors (Lipinski definition) is 7. The molecule has 1 atom stereocenters. The first kappa shape index (κ1) is 27.9. The molecule has 10 nitrogen and oxygen atoms in total. The topological polar surface area (TPSA) is 127 Å². The number of nitrogens with zero attached hydrogens (tertiary/aromatic N) is 1. The predicted octanol–water partition coefficient (Wildman–Crippen LogP) is 3.22. The van der Waals surface area contributed by atoms with E-state index in [1.54, 1.807) is 24.3 Å². The molecule has 0 spiro atoms. The van der Waals surface area contributed by atoms with E-state index in [0.717, 1.165) is 17.3 Å². The highest BCUT2D eigenvalue weighted by Crippen LogP contribution is 2.34. The molecule has 0 aromatic heterocycles. The first-order valence-electron chi connectivity index (χ1n) is 11.2. The Morgan fingerprint density at radius 1 is 1.19 bits per heavy atom. The zero-order valence-electron chi connectivity index (χ0n) is 19.5. The van der Waals surface area contributed by atoms with Crippen LogP contribution in [0.3, 0.4) is 0 Å². The summed E-state index contributed by atoms with van der Waals surface area (Å²) in [4.78, 5) is 36.2. The molecule has 0 unspecified atom stereocenters. The molecule has 12 heteroatoms. The third kappa shape index (κ3) is 8.75. The lowest BCUT2D eigenvalue weighted by molar-refractivity contribution is -0.139. The molecule has 36 heavy (non-hydrogen) atoms. The average Bonchev–Trinajstić information content (AvgIpc) is 3.37. The number of amides is 3. The maximum Gasteiger partial charge on any atom is 0.329 e. The Labute approximate surface area is 230 Å². The second-order valence-corrected chi connectivity index (χ2v) is 9.73. The zero-order chi connectivity index (χ0) is 25.9. The van der Waals surface area contributed by atoms with Crippen LogP contribution in [0.2, 0.25) is 0 Å². The fraction of sp³-hybridized carbons (Fsp3) is 0.333. The fourth-order valence-corrected chi connectivity index (χ4v) is 4.29. The standard InChI is InChI=1S/C24H26BrIN4O6/c1-2-34-20-11-15(12-28-30-24(33)23(32)27-13-18-4-3-9-35-18)10-19(26)22(20)36-14-21(31)29-17-7-5-16(25)6-8-17/h5-8,10-12,18H,2-4,9,13-14H2,1H3,(H,27,32)(H,29,31)(H,30,33)/b28-12-/t18-/m0/s1. The van der Waals surface area contributed by atoms with Crippen molar-refractivity contribution in [2.45, 2.75) is 25.9 Å². The smallest absolute Gasteiger partial charge is 0.329 e. The molecule has 192 valence electrons. The van der Waals surface area contributed by atoms with Crippen molar-refractivity contribution in [3.05, 3.63) is 50.0 Å². The maximum atomic E-state index is 12.3. The Hall–Kier alpha value is -2.71. The lowest BCUT2D eigenvalue weighted by Gasteiger charge is -2.14. The molecule has 1 aliphatic heterocycles. The first-order valence-corrected chi connectivity index (χ1v) is 13.1. The monoisotopic (exact) mass is 672 g/mol. The van der Waals surface area contributed by atoms with Gasteiger partial charge in [0, 0.05) is 23.3 Å².